The van der Waals surface area contributed by atoms with Crippen molar-refractivity contribution >= 4 is 5.91 Å². The van der Waals surface area contributed by atoms with E-state index < -0.39 is 0 Å². The lowest BCUT2D eigenvalue weighted by Gasteiger charge is -2.35. The largest absolute Gasteiger partial charge is 0.483 e. The molecule has 29 heavy (non-hydrogen) atoms. The van der Waals surface area contributed by atoms with E-state index in [0.717, 1.165) is 36.3 Å². The number of ether oxygens (including phenoxy) is 2. The number of hydrogen-bond acceptors (Lipinski definition) is 4. The van der Waals surface area contributed by atoms with E-state index in [2.05, 4.69) is 42.3 Å². The molecule has 1 saturated heterocycles. The van der Waals surface area contributed by atoms with Gasteiger partial charge in [0, 0.05) is 24.8 Å². The van der Waals surface area contributed by atoms with E-state index in [1.165, 1.54) is 5.56 Å². The minimum absolute atomic E-state index is 0.0168. The highest BCUT2D eigenvalue weighted by Crippen LogP contribution is 2.28. The third kappa shape index (κ3) is 6.31. The second-order valence-corrected chi connectivity index (χ2v) is 8.58. The van der Waals surface area contributed by atoms with Gasteiger partial charge < -0.3 is 19.7 Å². The van der Waals surface area contributed by atoms with Crippen LogP contribution in [-0.4, -0.2) is 49.8 Å². The summed E-state index contributed by atoms with van der Waals surface area (Å²) in [6.45, 7) is 5.55. The predicted molar refractivity (Wildman–Crippen MR) is 116 cm³/mol. The molecule has 1 heterocycles. The highest BCUT2D eigenvalue weighted by atomic mass is 16.5. The summed E-state index contributed by atoms with van der Waals surface area (Å²) in [6, 6.07) is 16.6. The standard InChI is InChI=1S/C24H32N2O3/c1-24(2)15-21(12-13-29-24)25-23(27)17-28-22-11-10-19(14-20(22)16-26(3)4)18-8-6-5-7-9-18/h5-11,14,21H,12-13,15-17H2,1-4H3,(H,25,27). The summed E-state index contributed by atoms with van der Waals surface area (Å²) in [6.07, 6.45) is 1.66. The number of benzene rings is 2. The molecule has 0 saturated carbocycles. The second-order valence-electron chi connectivity index (χ2n) is 8.58. The molecule has 1 amide bonds. The maximum atomic E-state index is 12.4. The van der Waals surface area contributed by atoms with E-state index in [9.17, 15) is 4.79 Å². The maximum Gasteiger partial charge on any atom is 0.258 e. The number of nitrogens with one attached hydrogen (secondary N) is 1. The molecule has 2 aromatic rings. The van der Waals surface area contributed by atoms with Crippen molar-refractivity contribution in [2.75, 3.05) is 27.3 Å². The highest BCUT2D eigenvalue weighted by molar-refractivity contribution is 5.78. The summed E-state index contributed by atoms with van der Waals surface area (Å²) in [5.74, 6) is 0.663. The Hall–Kier alpha value is -2.37. The van der Waals surface area contributed by atoms with Crippen LogP contribution in [0.1, 0.15) is 32.3 Å². The molecular formula is C24H32N2O3. The Balaban J connectivity index is 1.65. The van der Waals surface area contributed by atoms with Gasteiger partial charge in [-0.3, -0.25) is 4.79 Å². The molecule has 2 aromatic carbocycles. The summed E-state index contributed by atoms with van der Waals surface area (Å²) in [4.78, 5) is 14.5. The van der Waals surface area contributed by atoms with Gasteiger partial charge >= 0.3 is 0 Å². The van der Waals surface area contributed by atoms with Gasteiger partial charge in [0.2, 0.25) is 0 Å². The van der Waals surface area contributed by atoms with E-state index in [-0.39, 0.29) is 24.2 Å². The molecule has 156 valence electrons. The number of carbonyl (C=O) groups is 1. The van der Waals surface area contributed by atoms with Crippen LogP contribution in [0.15, 0.2) is 48.5 Å². The van der Waals surface area contributed by atoms with Gasteiger partial charge in [0.15, 0.2) is 6.61 Å². The summed E-state index contributed by atoms with van der Waals surface area (Å²) in [7, 11) is 4.05. The topological polar surface area (TPSA) is 50.8 Å². The molecule has 0 radical (unpaired) electrons. The van der Waals surface area contributed by atoms with Gasteiger partial charge in [-0.2, -0.15) is 0 Å². The van der Waals surface area contributed by atoms with Crippen molar-refractivity contribution in [3.05, 3.63) is 54.1 Å². The monoisotopic (exact) mass is 396 g/mol. The normalized spacial score (nSPS) is 18.4. The molecule has 1 aliphatic rings. The predicted octanol–water partition coefficient (Wildman–Crippen LogP) is 3.87. The fourth-order valence-electron chi connectivity index (χ4n) is 3.76. The lowest BCUT2D eigenvalue weighted by Crippen LogP contribution is -2.47. The average Bonchev–Trinajstić information content (AvgIpc) is 2.66. The first-order valence-electron chi connectivity index (χ1n) is 10.2. The van der Waals surface area contributed by atoms with Crippen LogP contribution in [0.25, 0.3) is 11.1 Å². The SMILES string of the molecule is CN(C)Cc1cc(-c2ccccc2)ccc1OCC(=O)NC1CCOC(C)(C)C1. The molecule has 1 aliphatic heterocycles. The van der Waals surface area contributed by atoms with Gasteiger partial charge in [0.05, 0.1) is 5.60 Å². The van der Waals surface area contributed by atoms with E-state index in [1.54, 1.807) is 0 Å². The summed E-state index contributed by atoms with van der Waals surface area (Å²) < 4.78 is 11.6. The van der Waals surface area contributed by atoms with Crippen molar-refractivity contribution in [2.24, 2.45) is 0 Å². The molecule has 5 heteroatoms. The zero-order chi connectivity index (χ0) is 20.9. The second kappa shape index (κ2) is 9.42. The molecule has 1 fully saturated rings. The first-order valence-corrected chi connectivity index (χ1v) is 10.2. The maximum absolute atomic E-state index is 12.4. The van der Waals surface area contributed by atoms with E-state index in [1.807, 2.05) is 44.4 Å². The Morgan fingerprint density at radius 3 is 2.62 bits per heavy atom. The zero-order valence-corrected chi connectivity index (χ0v) is 17.9. The highest BCUT2D eigenvalue weighted by Gasteiger charge is 2.29. The number of nitrogens with zero attached hydrogens (tertiary/aromatic N) is 1. The van der Waals surface area contributed by atoms with Gasteiger partial charge in [0.1, 0.15) is 5.75 Å². The van der Waals surface area contributed by atoms with Gasteiger partial charge in [-0.1, -0.05) is 36.4 Å². The van der Waals surface area contributed by atoms with Gasteiger partial charge in [-0.15, -0.1) is 0 Å². The molecule has 1 unspecified atom stereocenters. The Labute approximate surface area is 174 Å². The fraction of sp³-hybridized carbons (Fsp3) is 0.458. The number of carbonyl (C=O) groups excluding carboxylic acids is 1. The van der Waals surface area contributed by atoms with Crippen molar-refractivity contribution in [1.82, 2.24) is 10.2 Å². The van der Waals surface area contributed by atoms with Gasteiger partial charge in [-0.05, 0) is 64.0 Å². The number of rotatable bonds is 7. The summed E-state index contributed by atoms with van der Waals surface area (Å²) in [5, 5.41) is 3.09. The van der Waals surface area contributed by atoms with Crippen molar-refractivity contribution in [1.29, 1.82) is 0 Å². The molecule has 3 rings (SSSR count). The Kier molecular flexibility index (Phi) is 6.93. The van der Waals surface area contributed by atoms with Crippen LogP contribution in [-0.2, 0) is 16.1 Å². The molecule has 0 bridgehead atoms. The summed E-state index contributed by atoms with van der Waals surface area (Å²) in [5.41, 5.74) is 3.18. The number of hydrogen-bond donors (Lipinski definition) is 1. The summed E-state index contributed by atoms with van der Waals surface area (Å²) >= 11 is 0. The molecule has 0 spiro atoms. The van der Waals surface area contributed by atoms with Crippen LogP contribution in [0.4, 0.5) is 0 Å². The van der Waals surface area contributed by atoms with E-state index in [0.29, 0.717) is 6.61 Å². The molecule has 1 N–H and O–H groups in total. The van der Waals surface area contributed by atoms with Crippen molar-refractivity contribution in [2.45, 2.75) is 44.9 Å². The number of amides is 1. The fourth-order valence-corrected chi connectivity index (χ4v) is 3.76. The average molecular weight is 397 g/mol. The minimum Gasteiger partial charge on any atom is -0.483 e. The van der Waals surface area contributed by atoms with E-state index in [4.69, 9.17) is 9.47 Å². The first-order chi connectivity index (χ1) is 13.8. The van der Waals surface area contributed by atoms with Crippen LogP contribution in [0.3, 0.4) is 0 Å². The molecule has 0 aromatic heterocycles. The molecule has 0 aliphatic carbocycles. The van der Waals surface area contributed by atoms with Crippen molar-refractivity contribution in [3.63, 3.8) is 0 Å². The first kappa shape index (κ1) is 21.3. The Morgan fingerprint density at radius 2 is 1.93 bits per heavy atom. The van der Waals surface area contributed by atoms with Gasteiger partial charge in [-0.25, -0.2) is 0 Å². The van der Waals surface area contributed by atoms with E-state index >= 15 is 0 Å². The van der Waals surface area contributed by atoms with Crippen LogP contribution in [0, 0.1) is 0 Å². The van der Waals surface area contributed by atoms with Crippen LogP contribution >= 0.6 is 0 Å². The third-order valence-electron chi connectivity index (χ3n) is 5.08. The Morgan fingerprint density at radius 1 is 1.17 bits per heavy atom. The van der Waals surface area contributed by atoms with Crippen LogP contribution in [0.5, 0.6) is 5.75 Å². The smallest absolute Gasteiger partial charge is 0.258 e. The molecule has 1 atom stereocenters. The van der Waals surface area contributed by atoms with Crippen LogP contribution in [0.2, 0.25) is 0 Å². The Bertz CT molecular complexity index is 818. The minimum atomic E-state index is -0.191. The molecule has 5 nitrogen and oxygen atoms in total. The molecular weight excluding hydrogens is 364 g/mol. The van der Waals surface area contributed by atoms with Crippen molar-refractivity contribution < 1.29 is 14.3 Å². The quantitative estimate of drug-likeness (QED) is 0.772. The third-order valence-corrected chi connectivity index (χ3v) is 5.08. The van der Waals surface area contributed by atoms with Gasteiger partial charge in [0.25, 0.3) is 5.91 Å². The van der Waals surface area contributed by atoms with Crippen LogP contribution < -0.4 is 10.1 Å². The zero-order valence-electron chi connectivity index (χ0n) is 17.9. The lowest BCUT2D eigenvalue weighted by atomic mass is 9.94. The van der Waals surface area contributed by atoms with Crippen molar-refractivity contribution in [3.8, 4) is 16.9 Å². The lowest BCUT2D eigenvalue weighted by molar-refractivity contribution is -0.126.